The lowest BCUT2D eigenvalue weighted by atomic mass is 10.0. The Morgan fingerprint density at radius 3 is 2.54 bits per heavy atom. The molecule has 7 nitrogen and oxygen atoms in total. The van der Waals surface area contributed by atoms with Crippen molar-refractivity contribution in [2.75, 3.05) is 39.4 Å². The van der Waals surface area contributed by atoms with Crippen molar-refractivity contribution in [3.8, 4) is 11.5 Å². The lowest BCUT2D eigenvalue weighted by Crippen LogP contribution is -2.38. The van der Waals surface area contributed by atoms with E-state index in [1.165, 1.54) is 0 Å². The summed E-state index contributed by atoms with van der Waals surface area (Å²) in [6, 6.07) is 4.54. The van der Waals surface area contributed by atoms with E-state index in [2.05, 4.69) is 0 Å². The van der Waals surface area contributed by atoms with Crippen LogP contribution in [0.4, 0.5) is 0 Å². The van der Waals surface area contributed by atoms with Crippen molar-refractivity contribution in [2.24, 2.45) is 0 Å². The fourth-order valence-corrected chi connectivity index (χ4v) is 3.25. The van der Waals surface area contributed by atoms with Gasteiger partial charge >= 0.3 is 5.97 Å². The molecule has 1 fully saturated rings. The first-order valence-corrected chi connectivity index (χ1v) is 8.18. The molecule has 1 amide bonds. The lowest BCUT2D eigenvalue weighted by molar-refractivity contribution is -0.143. The van der Waals surface area contributed by atoms with Gasteiger partial charge in [0.05, 0.1) is 0 Å². The average Bonchev–Trinajstić information content (AvgIpc) is 2.81. The third kappa shape index (κ3) is 3.46. The van der Waals surface area contributed by atoms with E-state index in [-0.39, 0.29) is 5.91 Å². The molecule has 0 bridgehead atoms. The Balaban J connectivity index is 1.82. The van der Waals surface area contributed by atoms with Crippen molar-refractivity contribution >= 4 is 11.9 Å². The fourth-order valence-electron chi connectivity index (χ4n) is 3.25. The number of nitrogens with zero attached hydrogens (tertiary/aromatic N) is 2. The van der Waals surface area contributed by atoms with Crippen LogP contribution in [0, 0.1) is 0 Å². The molecule has 0 radical (unpaired) electrons. The monoisotopic (exact) mass is 334 g/mol. The van der Waals surface area contributed by atoms with Crippen LogP contribution in [0.1, 0.15) is 24.9 Å². The number of hydrogen-bond donors (Lipinski definition) is 1. The van der Waals surface area contributed by atoms with Gasteiger partial charge in [0.15, 0.2) is 11.5 Å². The molecule has 130 valence electrons. The fraction of sp³-hybridized carbons (Fsp3) is 0.529. The maximum absolute atomic E-state index is 11.9. The second kappa shape index (κ2) is 7.09. The van der Waals surface area contributed by atoms with Gasteiger partial charge in [-0.15, -0.1) is 0 Å². The van der Waals surface area contributed by atoms with Crippen molar-refractivity contribution in [3.63, 3.8) is 0 Å². The number of rotatable bonds is 3. The molecular formula is C17H22N2O5. The van der Waals surface area contributed by atoms with Crippen molar-refractivity contribution in [2.45, 2.75) is 19.4 Å². The second-order valence-electron chi connectivity index (χ2n) is 6.04. The van der Waals surface area contributed by atoms with Crippen LogP contribution in [0.5, 0.6) is 11.5 Å². The Hall–Kier alpha value is -2.28. The van der Waals surface area contributed by atoms with E-state index in [9.17, 15) is 14.7 Å². The Bertz CT molecular complexity index is 633. The number of fused-ring (bicyclic) bond motifs is 1. The molecule has 1 saturated heterocycles. The third-order valence-electron chi connectivity index (χ3n) is 4.46. The van der Waals surface area contributed by atoms with Crippen LogP contribution in [0.25, 0.3) is 0 Å². The summed E-state index contributed by atoms with van der Waals surface area (Å²) in [4.78, 5) is 27.1. The molecule has 0 aliphatic carbocycles. The van der Waals surface area contributed by atoms with Gasteiger partial charge in [-0.1, -0.05) is 6.07 Å². The van der Waals surface area contributed by atoms with E-state index >= 15 is 0 Å². The highest BCUT2D eigenvalue weighted by Gasteiger charge is 2.30. The molecule has 2 aliphatic heterocycles. The Morgan fingerprint density at radius 2 is 1.83 bits per heavy atom. The van der Waals surface area contributed by atoms with Gasteiger partial charge in [0.2, 0.25) is 5.91 Å². The summed E-state index contributed by atoms with van der Waals surface area (Å²) in [6.45, 7) is 4.89. The van der Waals surface area contributed by atoms with Gasteiger partial charge < -0.3 is 19.5 Å². The third-order valence-corrected chi connectivity index (χ3v) is 4.46. The molecule has 0 unspecified atom stereocenters. The number of ether oxygens (including phenoxy) is 2. The number of benzene rings is 1. The first-order valence-electron chi connectivity index (χ1n) is 8.18. The van der Waals surface area contributed by atoms with Gasteiger partial charge in [-0.2, -0.15) is 0 Å². The van der Waals surface area contributed by atoms with E-state index in [1.807, 2.05) is 4.90 Å². The van der Waals surface area contributed by atoms with Gasteiger partial charge in [0, 0.05) is 33.1 Å². The van der Waals surface area contributed by atoms with Crippen molar-refractivity contribution in [3.05, 3.63) is 23.8 Å². The van der Waals surface area contributed by atoms with E-state index in [1.54, 1.807) is 30.0 Å². The highest BCUT2D eigenvalue weighted by molar-refractivity contribution is 5.76. The molecule has 3 rings (SSSR count). The van der Waals surface area contributed by atoms with Crippen LogP contribution in [-0.2, 0) is 9.59 Å². The molecular weight excluding hydrogens is 312 g/mol. The zero-order valence-electron chi connectivity index (χ0n) is 13.7. The predicted molar refractivity (Wildman–Crippen MR) is 86.3 cm³/mol. The molecule has 7 heteroatoms. The molecule has 2 aliphatic rings. The van der Waals surface area contributed by atoms with Crippen LogP contribution >= 0.6 is 0 Å². The van der Waals surface area contributed by atoms with Gasteiger partial charge in [0.1, 0.15) is 19.3 Å². The topological polar surface area (TPSA) is 79.3 Å². The van der Waals surface area contributed by atoms with Crippen LogP contribution < -0.4 is 9.47 Å². The lowest BCUT2D eigenvalue weighted by Gasteiger charge is -2.28. The van der Waals surface area contributed by atoms with Gasteiger partial charge in [-0.3, -0.25) is 14.5 Å². The first-order chi connectivity index (χ1) is 11.6. The van der Waals surface area contributed by atoms with Crippen LogP contribution in [0.15, 0.2) is 18.2 Å². The summed E-state index contributed by atoms with van der Waals surface area (Å²) in [5.74, 6) is 0.365. The number of aliphatic carboxylic acids is 1. The molecule has 24 heavy (non-hydrogen) atoms. The molecule has 1 aromatic rings. The van der Waals surface area contributed by atoms with Crippen LogP contribution in [0.3, 0.4) is 0 Å². The number of carboxylic acid groups (broad SMARTS) is 1. The van der Waals surface area contributed by atoms with Crippen molar-refractivity contribution < 1.29 is 24.2 Å². The summed E-state index contributed by atoms with van der Waals surface area (Å²) in [5.41, 5.74) is 0.669. The highest BCUT2D eigenvalue weighted by atomic mass is 16.6. The molecule has 0 saturated carbocycles. The minimum atomic E-state index is -0.900. The molecule has 1 N–H and O–H groups in total. The summed E-state index contributed by atoms with van der Waals surface area (Å²) in [6.07, 6.45) is 0.758. The highest BCUT2D eigenvalue weighted by Crippen LogP contribution is 2.34. The number of amides is 1. The number of carboxylic acids is 1. The van der Waals surface area contributed by atoms with E-state index in [0.29, 0.717) is 56.5 Å². The zero-order valence-corrected chi connectivity index (χ0v) is 13.7. The smallest absolute Gasteiger partial charge is 0.325 e. The summed E-state index contributed by atoms with van der Waals surface area (Å²) in [5, 5.41) is 9.76. The Kier molecular flexibility index (Phi) is 4.89. The maximum atomic E-state index is 11.9. The number of carbonyl (C=O) groups excluding carboxylic acids is 1. The van der Waals surface area contributed by atoms with E-state index in [0.717, 1.165) is 6.42 Å². The SMILES string of the molecule is CC(=O)N1CCCN([C@@H](C(=O)O)c2ccc3c(c2)OCCO3)CC1. The summed E-state index contributed by atoms with van der Waals surface area (Å²) in [7, 11) is 0. The van der Waals surface area contributed by atoms with Gasteiger partial charge in [-0.05, 0) is 24.1 Å². The summed E-state index contributed by atoms with van der Waals surface area (Å²) < 4.78 is 11.1. The maximum Gasteiger partial charge on any atom is 0.325 e. The summed E-state index contributed by atoms with van der Waals surface area (Å²) >= 11 is 0. The molecule has 2 heterocycles. The van der Waals surface area contributed by atoms with E-state index < -0.39 is 12.0 Å². The quantitative estimate of drug-likeness (QED) is 0.893. The van der Waals surface area contributed by atoms with Gasteiger partial charge in [0.25, 0.3) is 0 Å². The number of hydrogen-bond acceptors (Lipinski definition) is 5. The molecule has 1 atom stereocenters. The normalized spacial score (nSPS) is 19.5. The minimum absolute atomic E-state index is 0.0306. The van der Waals surface area contributed by atoms with Crippen LogP contribution in [0.2, 0.25) is 0 Å². The predicted octanol–water partition coefficient (Wildman–Crippen LogP) is 1.14. The van der Waals surface area contributed by atoms with Crippen molar-refractivity contribution in [1.82, 2.24) is 9.80 Å². The minimum Gasteiger partial charge on any atom is -0.486 e. The van der Waals surface area contributed by atoms with Crippen LogP contribution in [-0.4, -0.2) is 66.2 Å². The Morgan fingerprint density at radius 1 is 1.08 bits per heavy atom. The van der Waals surface area contributed by atoms with Crippen molar-refractivity contribution in [1.29, 1.82) is 0 Å². The molecule has 1 aromatic carbocycles. The first kappa shape index (κ1) is 16.6. The number of carbonyl (C=O) groups is 2. The van der Waals surface area contributed by atoms with E-state index in [4.69, 9.17) is 9.47 Å². The standard InChI is InChI=1S/C17H22N2O5/c1-12(20)18-5-2-6-19(8-7-18)16(17(21)22)13-3-4-14-15(11-13)24-10-9-23-14/h3-4,11,16H,2,5-10H2,1H3,(H,21,22)/t16-/m1/s1. The molecule has 0 spiro atoms. The Labute approximate surface area is 140 Å². The zero-order chi connectivity index (χ0) is 17.1. The average molecular weight is 334 g/mol. The molecule has 0 aromatic heterocycles. The largest absolute Gasteiger partial charge is 0.486 e. The van der Waals surface area contributed by atoms with Gasteiger partial charge in [-0.25, -0.2) is 0 Å². The second-order valence-corrected chi connectivity index (χ2v) is 6.04.